The average molecular weight is 255 g/mol. The first-order valence-electron chi connectivity index (χ1n) is 7.54. The van der Waals surface area contributed by atoms with E-state index in [4.69, 9.17) is 5.84 Å². The maximum Gasteiger partial charge on any atom is 0.0392 e. The highest BCUT2D eigenvalue weighted by Crippen LogP contribution is 2.32. The second kappa shape index (κ2) is 6.36. The first kappa shape index (κ1) is 15.9. The number of nitrogens with one attached hydrogen (secondary N) is 1. The molecule has 1 saturated heterocycles. The predicted molar refractivity (Wildman–Crippen MR) is 79.3 cm³/mol. The Balaban J connectivity index is 2.69. The normalized spacial score (nSPS) is 23.0. The minimum Gasteiger partial charge on any atom is -0.296 e. The first-order valence-corrected chi connectivity index (χ1v) is 7.54. The van der Waals surface area contributed by atoms with Crippen molar-refractivity contribution in [3.63, 3.8) is 0 Å². The Labute approximate surface area is 113 Å². The lowest BCUT2D eigenvalue weighted by Crippen LogP contribution is -2.60. The molecule has 0 bridgehead atoms. The number of likely N-dealkylation sites (tertiary alicyclic amines) is 1. The predicted octanol–water partition coefficient (Wildman–Crippen LogP) is 2.91. The van der Waals surface area contributed by atoms with Gasteiger partial charge in [-0.3, -0.25) is 16.2 Å². The Hall–Kier alpha value is -0.120. The number of nitrogens with two attached hydrogens (primary N) is 1. The quantitative estimate of drug-likeness (QED) is 0.566. The van der Waals surface area contributed by atoms with Crippen molar-refractivity contribution < 1.29 is 0 Å². The van der Waals surface area contributed by atoms with Crippen LogP contribution in [0, 0.1) is 5.41 Å². The molecule has 0 amide bonds. The standard InChI is InChI=1S/C15H33N3/c1-6-15(5,18-11-7-8-12-18)13(17-16)9-10-14(2,3)4/h13,17H,6-12,16H2,1-5H3. The molecule has 108 valence electrons. The van der Waals surface area contributed by atoms with Crippen LogP contribution in [0.4, 0.5) is 0 Å². The van der Waals surface area contributed by atoms with Crippen LogP contribution in [-0.4, -0.2) is 29.6 Å². The fraction of sp³-hybridized carbons (Fsp3) is 1.00. The van der Waals surface area contributed by atoms with Crippen LogP contribution in [0.1, 0.15) is 66.7 Å². The van der Waals surface area contributed by atoms with Gasteiger partial charge in [-0.2, -0.15) is 0 Å². The van der Waals surface area contributed by atoms with Crippen molar-refractivity contribution in [3.8, 4) is 0 Å². The monoisotopic (exact) mass is 255 g/mol. The Morgan fingerprint density at radius 1 is 1.17 bits per heavy atom. The third-order valence-corrected chi connectivity index (χ3v) is 4.68. The van der Waals surface area contributed by atoms with Gasteiger partial charge in [0.2, 0.25) is 0 Å². The van der Waals surface area contributed by atoms with E-state index in [2.05, 4.69) is 44.9 Å². The van der Waals surface area contributed by atoms with Gasteiger partial charge in [-0.25, -0.2) is 0 Å². The van der Waals surface area contributed by atoms with Crippen LogP contribution in [0.3, 0.4) is 0 Å². The zero-order valence-electron chi connectivity index (χ0n) is 13.1. The van der Waals surface area contributed by atoms with E-state index in [1.54, 1.807) is 0 Å². The van der Waals surface area contributed by atoms with Crippen molar-refractivity contribution >= 4 is 0 Å². The molecular weight excluding hydrogens is 222 g/mol. The van der Waals surface area contributed by atoms with E-state index in [0.717, 1.165) is 12.8 Å². The number of nitrogens with zero attached hydrogens (tertiary/aromatic N) is 1. The van der Waals surface area contributed by atoms with E-state index < -0.39 is 0 Å². The van der Waals surface area contributed by atoms with Crippen LogP contribution in [0.15, 0.2) is 0 Å². The van der Waals surface area contributed by atoms with Crippen LogP contribution < -0.4 is 11.3 Å². The third-order valence-electron chi connectivity index (χ3n) is 4.68. The van der Waals surface area contributed by atoms with Crippen molar-refractivity contribution in [2.24, 2.45) is 11.3 Å². The molecule has 3 heteroatoms. The summed E-state index contributed by atoms with van der Waals surface area (Å²) in [5.41, 5.74) is 3.69. The van der Waals surface area contributed by atoms with E-state index in [0.29, 0.717) is 11.5 Å². The topological polar surface area (TPSA) is 41.3 Å². The lowest BCUT2D eigenvalue weighted by molar-refractivity contribution is 0.0749. The second-order valence-corrected chi connectivity index (χ2v) is 7.22. The summed E-state index contributed by atoms with van der Waals surface area (Å²) in [6.45, 7) is 14.1. The summed E-state index contributed by atoms with van der Waals surface area (Å²) in [7, 11) is 0. The molecule has 0 spiro atoms. The fourth-order valence-electron chi connectivity index (χ4n) is 3.07. The van der Waals surface area contributed by atoms with E-state index in [1.807, 2.05) is 0 Å². The molecule has 1 aliphatic rings. The molecule has 1 fully saturated rings. The fourth-order valence-corrected chi connectivity index (χ4v) is 3.07. The Bertz CT molecular complexity index is 241. The van der Waals surface area contributed by atoms with Gasteiger partial charge in [0.25, 0.3) is 0 Å². The van der Waals surface area contributed by atoms with E-state index in [9.17, 15) is 0 Å². The lowest BCUT2D eigenvalue weighted by Gasteiger charge is -2.45. The molecule has 2 atom stereocenters. The molecule has 0 aliphatic carbocycles. The van der Waals surface area contributed by atoms with Crippen molar-refractivity contribution in [1.29, 1.82) is 0 Å². The molecule has 0 aromatic rings. The Morgan fingerprint density at radius 2 is 1.72 bits per heavy atom. The van der Waals surface area contributed by atoms with Crippen LogP contribution in [0.2, 0.25) is 0 Å². The minimum absolute atomic E-state index is 0.205. The zero-order valence-corrected chi connectivity index (χ0v) is 13.1. The summed E-state index contributed by atoms with van der Waals surface area (Å²) >= 11 is 0. The number of hydrazine groups is 1. The number of hydrogen-bond acceptors (Lipinski definition) is 3. The minimum atomic E-state index is 0.205. The molecule has 1 rings (SSSR count). The van der Waals surface area contributed by atoms with Crippen LogP contribution >= 0.6 is 0 Å². The lowest BCUT2D eigenvalue weighted by atomic mass is 9.80. The van der Waals surface area contributed by atoms with Gasteiger partial charge in [-0.05, 0) is 57.5 Å². The molecule has 1 heterocycles. The van der Waals surface area contributed by atoms with Gasteiger partial charge in [0.05, 0.1) is 0 Å². The maximum absolute atomic E-state index is 5.85. The van der Waals surface area contributed by atoms with Crippen molar-refractivity contribution in [2.75, 3.05) is 13.1 Å². The summed E-state index contributed by atoms with van der Waals surface area (Å²) < 4.78 is 0. The molecule has 0 radical (unpaired) electrons. The van der Waals surface area contributed by atoms with Crippen molar-refractivity contribution in [3.05, 3.63) is 0 Å². The molecular formula is C15H33N3. The third kappa shape index (κ3) is 3.94. The Kier molecular flexibility index (Phi) is 5.63. The maximum atomic E-state index is 5.85. The molecule has 0 aromatic carbocycles. The van der Waals surface area contributed by atoms with Gasteiger partial charge in [-0.1, -0.05) is 27.7 Å². The molecule has 3 nitrogen and oxygen atoms in total. The molecule has 0 aromatic heterocycles. The van der Waals surface area contributed by atoms with Gasteiger partial charge in [0, 0.05) is 11.6 Å². The van der Waals surface area contributed by atoms with E-state index in [-0.39, 0.29) is 5.54 Å². The zero-order chi connectivity index (χ0) is 13.8. The van der Waals surface area contributed by atoms with Crippen molar-refractivity contribution in [2.45, 2.75) is 78.3 Å². The number of hydrogen-bond donors (Lipinski definition) is 2. The molecule has 2 unspecified atom stereocenters. The summed E-state index contributed by atoms with van der Waals surface area (Å²) in [6.07, 6.45) is 6.20. The molecule has 1 aliphatic heterocycles. The SMILES string of the molecule is CCC(C)(C(CCC(C)(C)C)NN)N1CCCC1. The average Bonchev–Trinajstić information content (AvgIpc) is 2.81. The summed E-state index contributed by atoms with van der Waals surface area (Å²) in [5.74, 6) is 5.85. The summed E-state index contributed by atoms with van der Waals surface area (Å²) in [6, 6.07) is 0.389. The molecule has 3 N–H and O–H groups in total. The molecule has 18 heavy (non-hydrogen) atoms. The first-order chi connectivity index (χ1) is 8.33. The van der Waals surface area contributed by atoms with Gasteiger partial charge < -0.3 is 0 Å². The Morgan fingerprint density at radius 3 is 2.11 bits per heavy atom. The summed E-state index contributed by atoms with van der Waals surface area (Å²) in [5, 5.41) is 0. The van der Waals surface area contributed by atoms with Gasteiger partial charge in [0.15, 0.2) is 0 Å². The van der Waals surface area contributed by atoms with Crippen LogP contribution in [0.5, 0.6) is 0 Å². The highest BCUT2D eigenvalue weighted by atomic mass is 15.3. The molecule has 0 saturated carbocycles. The van der Waals surface area contributed by atoms with E-state index in [1.165, 1.54) is 32.4 Å². The number of rotatable bonds is 6. The van der Waals surface area contributed by atoms with Crippen LogP contribution in [-0.2, 0) is 0 Å². The highest BCUT2D eigenvalue weighted by Gasteiger charge is 2.39. The highest BCUT2D eigenvalue weighted by molar-refractivity contribution is 4.97. The second-order valence-electron chi connectivity index (χ2n) is 7.22. The largest absolute Gasteiger partial charge is 0.296 e. The summed E-state index contributed by atoms with van der Waals surface area (Å²) in [4.78, 5) is 2.64. The van der Waals surface area contributed by atoms with Crippen molar-refractivity contribution in [1.82, 2.24) is 10.3 Å². The van der Waals surface area contributed by atoms with Gasteiger partial charge >= 0.3 is 0 Å². The smallest absolute Gasteiger partial charge is 0.0392 e. The van der Waals surface area contributed by atoms with Gasteiger partial charge in [0.1, 0.15) is 0 Å². The van der Waals surface area contributed by atoms with Crippen LogP contribution in [0.25, 0.3) is 0 Å². The van der Waals surface area contributed by atoms with E-state index >= 15 is 0 Å². The van der Waals surface area contributed by atoms with Gasteiger partial charge in [-0.15, -0.1) is 0 Å².